The van der Waals surface area contributed by atoms with E-state index in [2.05, 4.69) is 53.3 Å². The van der Waals surface area contributed by atoms with Gasteiger partial charge in [0, 0.05) is 5.41 Å². The fraction of sp³-hybridized carbons (Fsp3) is 0.871. The third-order valence-corrected chi connectivity index (χ3v) is 13.6. The van der Waals surface area contributed by atoms with E-state index >= 15 is 0 Å². The Balaban J connectivity index is 1.56. The van der Waals surface area contributed by atoms with Crippen LogP contribution in [0.15, 0.2) is 17.3 Å². The van der Waals surface area contributed by atoms with Gasteiger partial charge in [-0.2, -0.15) is 0 Å². The average Bonchev–Trinajstić information content (AvgIpc) is 3.20. The number of methoxy groups -OCH3 is 1. The Morgan fingerprint density at radius 1 is 0.943 bits per heavy atom. The summed E-state index contributed by atoms with van der Waals surface area (Å²) in [6.07, 6.45) is 11.1. The molecule has 0 aromatic carbocycles. The lowest BCUT2D eigenvalue weighted by Crippen LogP contribution is -2.66. The number of hydrogen-bond acceptors (Lipinski definition) is 4. The molecule has 0 aromatic heterocycles. The van der Waals surface area contributed by atoms with Crippen molar-refractivity contribution in [2.75, 3.05) is 7.11 Å². The monoisotopic (exact) mass is 483 g/mol. The molecule has 5 saturated carbocycles. The summed E-state index contributed by atoms with van der Waals surface area (Å²) in [6.45, 7) is 19.1. The van der Waals surface area contributed by atoms with Gasteiger partial charge in [0.05, 0.1) is 18.2 Å². The summed E-state index contributed by atoms with van der Waals surface area (Å²) >= 11 is 0. The van der Waals surface area contributed by atoms with Gasteiger partial charge in [0.15, 0.2) is 0 Å². The fourth-order valence-electron chi connectivity index (χ4n) is 11.7. The number of ether oxygens (including phenoxy) is 1. The Hall–Kier alpha value is -1.32. The van der Waals surface area contributed by atoms with Crippen LogP contribution in [0.2, 0.25) is 0 Å². The van der Waals surface area contributed by atoms with Crippen molar-refractivity contribution >= 4 is 11.7 Å². The summed E-state index contributed by atoms with van der Waals surface area (Å²) in [5.41, 5.74) is 2.64. The van der Waals surface area contributed by atoms with Gasteiger partial charge in [-0.15, -0.1) is 0 Å². The third-order valence-electron chi connectivity index (χ3n) is 13.6. The molecule has 0 bridgehead atoms. The van der Waals surface area contributed by atoms with Crippen molar-refractivity contribution in [3.8, 4) is 0 Å². The lowest BCUT2D eigenvalue weighted by molar-refractivity contribution is -0.230. The molecular formula is C31H49NO3. The molecule has 5 aliphatic carbocycles. The van der Waals surface area contributed by atoms with Gasteiger partial charge in [0.25, 0.3) is 0 Å². The molecular weight excluding hydrogens is 434 g/mol. The summed E-state index contributed by atoms with van der Waals surface area (Å²) in [7, 11) is 1.59. The summed E-state index contributed by atoms with van der Waals surface area (Å²) in [5, 5.41) is 13.5. The topological polar surface area (TPSA) is 58.9 Å². The van der Waals surface area contributed by atoms with Crippen LogP contribution in [-0.4, -0.2) is 24.0 Å². The van der Waals surface area contributed by atoms with Crippen molar-refractivity contribution in [3.63, 3.8) is 0 Å². The third kappa shape index (κ3) is 2.98. The standard InChI is InChI=1S/C31H49NO3/c1-19(2)20-11-16-31(26(33)35-8)18-17-29(6)21(25(20)31)9-10-23-28(5)14-13-24(32-34)27(3,4)22(28)12-15-30(23,29)7/h20-23,25,34H,1,9-18H2,2-8H3/t20-,21?,22?,23?,25?,28-,29+,30+,31?/m0/s1. The maximum Gasteiger partial charge on any atom is 0.312 e. The number of rotatable bonds is 2. The molecule has 1 N–H and O–H groups in total. The highest BCUT2D eigenvalue weighted by Gasteiger charge is 2.72. The van der Waals surface area contributed by atoms with E-state index in [9.17, 15) is 10.0 Å². The van der Waals surface area contributed by atoms with E-state index in [4.69, 9.17) is 4.74 Å². The molecule has 5 aliphatic rings. The lowest BCUT2D eigenvalue weighted by atomic mass is 9.32. The van der Waals surface area contributed by atoms with E-state index in [1.807, 2.05) is 0 Å². The predicted molar refractivity (Wildman–Crippen MR) is 140 cm³/mol. The Morgan fingerprint density at radius 2 is 1.66 bits per heavy atom. The van der Waals surface area contributed by atoms with Gasteiger partial charge in [-0.25, -0.2) is 0 Å². The van der Waals surface area contributed by atoms with Gasteiger partial charge in [0.2, 0.25) is 0 Å². The van der Waals surface area contributed by atoms with Gasteiger partial charge in [0.1, 0.15) is 0 Å². The zero-order chi connectivity index (χ0) is 25.6. The van der Waals surface area contributed by atoms with Gasteiger partial charge in [-0.1, -0.05) is 51.9 Å². The van der Waals surface area contributed by atoms with Gasteiger partial charge in [-0.05, 0) is 117 Å². The molecule has 0 aliphatic heterocycles. The molecule has 35 heavy (non-hydrogen) atoms. The highest BCUT2D eigenvalue weighted by molar-refractivity contribution is 5.90. The molecule has 196 valence electrons. The molecule has 0 saturated heterocycles. The summed E-state index contributed by atoms with van der Waals surface area (Å²) in [4.78, 5) is 13.4. The maximum absolute atomic E-state index is 13.4. The molecule has 4 heteroatoms. The molecule has 0 spiro atoms. The van der Waals surface area contributed by atoms with Crippen LogP contribution in [0.5, 0.6) is 0 Å². The molecule has 0 heterocycles. The number of carbonyl (C=O) groups excluding carboxylic acids is 1. The number of esters is 1. The Kier molecular flexibility index (Phi) is 5.67. The second-order valence-corrected chi connectivity index (χ2v) is 14.6. The largest absolute Gasteiger partial charge is 0.469 e. The lowest BCUT2D eigenvalue weighted by Gasteiger charge is -2.72. The van der Waals surface area contributed by atoms with Crippen LogP contribution in [0.4, 0.5) is 0 Å². The van der Waals surface area contributed by atoms with E-state index in [1.165, 1.54) is 31.3 Å². The molecule has 0 amide bonds. The highest BCUT2D eigenvalue weighted by Crippen LogP contribution is 2.77. The van der Waals surface area contributed by atoms with Gasteiger partial charge in [-0.3, -0.25) is 4.79 Å². The first-order valence-corrected chi connectivity index (χ1v) is 14.3. The zero-order valence-electron chi connectivity index (χ0n) is 23.4. The normalized spacial score (nSPS) is 51.5. The van der Waals surface area contributed by atoms with Crippen LogP contribution < -0.4 is 0 Å². The van der Waals surface area contributed by atoms with Crippen molar-refractivity contribution in [3.05, 3.63) is 12.2 Å². The van der Waals surface area contributed by atoms with Crippen LogP contribution in [0.25, 0.3) is 0 Å². The van der Waals surface area contributed by atoms with Crippen molar-refractivity contribution in [2.24, 2.45) is 61.8 Å². The fourth-order valence-corrected chi connectivity index (χ4v) is 11.7. The minimum Gasteiger partial charge on any atom is -0.469 e. The minimum absolute atomic E-state index is 0.0427. The van der Waals surface area contributed by atoms with E-state index < -0.39 is 0 Å². The van der Waals surface area contributed by atoms with E-state index in [0.29, 0.717) is 29.6 Å². The first-order valence-electron chi connectivity index (χ1n) is 14.3. The van der Waals surface area contributed by atoms with E-state index in [-0.39, 0.29) is 33.0 Å². The van der Waals surface area contributed by atoms with Crippen LogP contribution >= 0.6 is 0 Å². The Morgan fingerprint density at radius 3 is 2.29 bits per heavy atom. The molecule has 4 nitrogen and oxygen atoms in total. The molecule has 9 atom stereocenters. The van der Waals surface area contributed by atoms with E-state index in [1.54, 1.807) is 7.11 Å². The number of fused-ring (bicyclic) bond motifs is 7. The predicted octanol–water partition coefficient (Wildman–Crippen LogP) is 7.65. The molecule has 5 rings (SSSR count). The number of nitrogens with zero attached hydrogens (tertiary/aromatic N) is 1. The van der Waals surface area contributed by atoms with Crippen LogP contribution in [0.1, 0.15) is 106 Å². The molecule has 0 aromatic rings. The highest BCUT2D eigenvalue weighted by atomic mass is 16.5. The number of allylic oxidation sites excluding steroid dienone is 1. The van der Waals surface area contributed by atoms with Gasteiger partial charge >= 0.3 is 5.97 Å². The summed E-state index contributed by atoms with van der Waals surface area (Å²) in [6, 6.07) is 0. The minimum atomic E-state index is -0.313. The number of oxime groups is 1. The van der Waals surface area contributed by atoms with Crippen LogP contribution in [0.3, 0.4) is 0 Å². The quantitative estimate of drug-likeness (QED) is 0.190. The molecule has 5 fully saturated rings. The maximum atomic E-state index is 13.4. The first kappa shape index (κ1) is 25.3. The Labute approximate surface area is 213 Å². The van der Waals surface area contributed by atoms with Crippen molar-refractivity contribution in [1.82, 2.24) is 0 Å². The van der Waals surface area contributed by atoms with Gasteiger partial charge < -0.3 is 9.94 Å². The number of carbonyl (C=O) groups is 1. The van der Waals surface area contributed by atoms with E-state index in [0.717, 1.165) is 44.2 Å². The van der Waals surface area contributed by atoms with Crippen molar-refractivity contribution in [2.45, 2.75) is 106 Å². The summed E-state index contributed by atoms with van der Waals surface area (Å²) in [5.74, 6) is 2.62. The SMILES string of the molecule is C=C(C)[C@@H]1CCC2(C(=O)OC)CC[C@]3(C)C(CCC4[C@@]5(C)CCC(=NO)C(C)(C)C5CC[C@]43C)C12. The van der Waals surface area contributed by atoms with Crippen LogP contribution in [0, 0.1) is 56.7 Å². The van der Waals surface area contributed by atoms with Crippen molar-refractivity contribution in [1.29, 1.82) is 0 Å². The zero-order valence-corrected chi connectivity index (χ0v) is 23.4. The smallest absolute Gasteiger partial charge is 0.312 e. The second-order valence-electron chi connectivity index (χ2n) is 14.6. The molecule has 5 unspecified atom stereocenters. The van der Waals surface area contributed by atoms with Crippen LogP contribution in [-0.2, 0) is 9.53 Å². The second kappa shape index (κ2) is 7.84. The molecule has 0 radical (unpaired) electrons. The van der Waals surface area contributed by atoms with Crippen molar-refractivity contribution < 1.29 is 14.7 Å². The Bertz CT molecular complexity index is 953. The number of hydrogen-bond donors (Lipinski definition) is 1. The first-order chi connectivity index (χ1) is 16.3. The summed E-state index contributed by atoms with van der Waals surface area (Å²) < 4.78 is 5.50. The average molecular weight is 484 g/mol.